The van der Waals surface area contributed by atoms with E-state index in [1.165, 1.54) is 5.84 Å². The highest BCUT2D eigenvalue weighted by Crippen LogP contribution is 2.06. The topological polar surface area (TPSA) is 31.2 Å². The van der Waals surface area contributed by atoms with Crippen molar-refractivity contribution < 1.29 is 0 Å². The van der Waals surface area contributed by atoms with Crippen molar-refractivity contribution in [3.63, 3.8) is 0 Å². The Bertz CT molecular complexity index is 272. The zero-order valence-corrected chi connectivity index (χ0v) is 9.69. The van der Waals surface area contributed by atoms with Crippen molar-refractivity contribution in [2.45, 2.75) is 26.3 Å². The maximum atomic E-state index is 4.49. The number of aliphatic imine (C=N–C) groups is 2. The van der Waals surface area contributed by atoms with Gasteiger partial charge in [-0.05, 0) is 6.92 Å². The molecule has 0 fully saturated rings. The van der Waals surface area contributed by atoms with E-state index in [-0.39, 0.29) is 0 Å². The summed E-state index contributed by atoms with van der Waals surface area (Å²) in [4.78, 5) is 13.5. The zero-order valence-electron chi connectivity index (χ0n) is 9.69. The molecule has 1 unspecified atom stereocenters. The van der Waals surface area contributed by atoms with Gasteiger partial charge in [-0.1, -0.05) is 6.92 Å². The van der Waals surface area contributed by atoms with Gasteiger partial charge < -0.3 is 9.80 Å². The van der Waals surface area contributed by atoms with Crippen LogP contribution < -0.4 is 0 Å². The molecular formula is C11H20N4. The predicted octanol–water partition coefficient (Wildman–Crippen LogP) is 0.843. The molecule has 84 valence electrons. The summed E-state index contributed by atoms with van der Waals surface area (Å²) in [6, 6.07) is 0.475. The molecule has 0 aromatic carbocycles. The van der Waals surface area contributed by atoms with Crippen LogP contribution in [0.1, 0.15) is 20.3 Å². The first-order chi connectivity index (χ1) is 7.29. The molecule has 4 nitrogen and oxygen atoms in total. The lowest BCUT2D eigenvalue weighted by molar-refractivity contribution is 0.362. The minimum Gasteiger partial charge on any atom is -0.359 e. The average molecular weight is 208 g/mol. The molecule has 0 saturated heterocycles. The van der Waals surface area contributed by atoms with Crippen LogP contribution in [-0.2, 0) is 0 Å². The number of rotatable bonds is 4. The van der Waals surface area contributed by atoms with E-state index >= 15 is 0 Å². The van der Waals surface area contributed by atoms with Crippen LogP contribution in [-0.4, -0.2) is 60.7 Å². The van der Waals surface area contributed by atoms with E-state index < -0.39 is 0 Å². The first-order valence-electron chi connectivity index (χ1n) is 5.85. The molecule has 0 aliphatic carbocycles. The van der Waals surface area contributed by atoms with Gasteiger partial charge in [0.2, 0.25) is 0 Å². The molecule has 0 saturated carbocycles. The van der Waals surface area contributed by atoms with Gasteiger partial charge >= 0.3 is 0 Å². The summed E-state index contributed by atoms with van der Waals surface area (Å²) < 4.78 is 0. The largest absolute Gasteiger partial charge is 0.359 e. The fourth-order valence-corrected chi connectivity index (χ4v) is 2.15. The second-order valence-electron chi connectivity index (χ2n) is 4.25. The van der Waals surface area contributed by atoms with Gasteiger partial charge in [0.1, 0.15) is 0 Å². The van der Waals surface area contributed by atoms with Crippen molar-refractivity contribution in [2.75, 3.05) is 32.7 Å². The smallest absolute Gasteiger partial charge is 0.0988 e. The van der Waals surface area contributed by atoms with Crippen molar-refractivity contribution in [1.29, 1.82) is 0 Å². The molecular weight excluding hydrogens is 188 g/mol. The predicted molar refractivity (Wildman–Crippen MR) is 63.7 cm³/mol. The fraction of sp³-hybridized carbons (Fsp3) is 0.818. The van der Waals surface area contributed by atoms with E-state index in [4.69, 9.17) is 0 Å². The van der Waals surface area contributed by atoms with Crippen molar-refractivity contribution in [3.8, 4) is 0 Å². The third kappa shape index (κ3) is 2.49. The second-order valence-corrected chi connectivity index (χ2v) is 4.25. The highest BCUT2D eigenvalue weighted by Gasteiger charge is 2.17. The quantitative estimate of drug-likeness (QED) is 0.685. The highest BCUT2D eigenvalue weighted by molar-refractivity contribution is 5.83. The third-order valence-electron chi connectivity index (χ3n) is 2.99. The van der Waals surface area contributed by atoms with E-state index in [9.17, 15) is 0 Å². The van der Waals surface area contributed by atoms with Gasteiger partial charge in [-0.25, -0.2) is 0 Å². The van der Waals surface area contributed by atoms with E-state index in [1.807, 2.05) is 6.34 Å². The maximum Gasteiger partial charge on any atom is 0.0988 e. The van der Waals surface area contributed by atoms with Crippen LogP contribution in [0.25, 0.3) is 0 Å². The molecule has 0 N–H and O–H groups in total. The Morgan fingerprint density at radius 3 is 3.00 bits per heavy atom. The second kappa shape index (κ2) is 4.64. The van der Waals surface area contributed by atoms with E-state index in [2.05, 4.69) is 33.6 Å². The summed E-state index contributed by atoms with van der Waals surface area (Å²) in [5.74, 6) is 1.28. The molecule has 2 aliphatic heterocycles. The first kappa shape index (κ1) is 10.5. The van der Waals surface area contributed by atoms with Crippen LogP contribution in [0.15, 0.2) is 9.98 Å². The van der Waals surface area contributed by atoms with Gasteiger partial charge in [0.05, 0.1) is 24.8 Å². The Morgan fingerprint density at radius 1 is 1.47 bits per heavy atom. The molecule has 0 bridgehead atoms. The SMILES string of the molecule is CCC1=NCCN1CCN1C=NC(C)C1. The van der Waals surface area contributed by atoms with Crippen LogP contribution in [0.2, 0.25) is 0 Å². The lowest BCUT2D eigenvalue weighted by Gasteiger charge is -2.23. The van der Waals surface area contributed by atoms with Crippen molar-refractivity contribution >= 4 is 12.2 Å². The number of amidine groups is 1. The van der Waals surface area contributed by atoms with Gasteiger partial charge in [-0.2, -0.15) is 0 Å². The third-order valence-corrected chi connectivity index (χ3v) is 2.99. The summed E-state index contributed by atoms with van der Waals surface area (Å²) in [6.45, 7) is 9.66. The zero-order chi connectivity index (χ0) is 10.7. The molecule has 1 atom stereocenters. The van der Waals surface area contributed by atoms with Crippen molar-refractivity contribution in [2.24, 2.45) is 9.98 Å². The monoisotopic (exact) mass is 208 g/mol. The van der Waals surface area contributed by atoms with Gasteiger partial charge in [0, 0.05) is 32.6 Å². The Labute approximate surface area is 91.7 Å². The van der Waals surface area contributed by atoms with Gasteiger partial charge in [0.25, 0.3) is 0 Å². The van der Waals surface area contributed by atoms with Crippen LogP contribution in [0.4, 0.5) is 0 Å². The Kier molecular flexibility index (Phi) is 3.23. The van der Waals surface area contributed by atoms with Crippen molar-refractivity contribution in [1.82, 2.24) is 9.80 Å². The molecule has 0 spiro atoms. The molecule has 0 aromatic rings. The van der Waals surface area contributed by atoms with Gasteiger partial charge in [-0.3, -0.25) is 9.98 Å². The summed E-state index contributed by atoms with van der Waals surface area (Å²) >= 11 is 0. The van der Waals surface area contributed by atoms with E-state index in [0.29, 0.717) is 6.04 Å². The van der Waals surface area contributed by atoms with Crippen LogP contribution in [0.5, 0.6) is 0 Å². The van der Waals surface area contributed by atoms with E-state index in [1.54, 1.807) is 0 Å². The number of hydrogen-bond donors (Lipinski definition) is 0. The molecule has 2 aliphatic rings. The van der Waals surface area contributed by atoms with Crippen LogP contribution >= 0.6 is 0 Å². The molecule has 0 radical (unpaired) electrons. The minimum atomic E-state index is 0.475. The summed E-state index contributed by atoms with van der Waals surface area (Å²) in [5, 5.41) is 0. The molecule has 0 amide bonds. The minimum absolute atomic E-state index is 0.475. The number of nitrogens with zero attached hydrogens (tertiary/aromatic N) is 4. The molecule has 15 heavy (non-hydrogen) atoms. The number of hydrogen-bond acceptors (Lipinski definition) is 4. The first-order valence-corrected chi connectivity index (χ1v) is 5.85. The van der Waals surface area contributed by atoms with E-state index in [0.717, 1.165) is 39.1 Å². The standard InChI is InChI=1S/C11H20N4/c1-3-11-12-4-5-15(11)7-6-14-8-10(2)13-9-14/h9-10H,3-8H2,1-2H3. The normalized spacial score (nSPS) is 25.2. The Morgan fingerprint density at radius 2 is 2.33 bits per heavy atom. The Balaban J connectivity index is 1.74. The lowest BCUT2D eigenvalue weighted by atomic mass is 10.3. The molecule has 0 aromatic heterocycles. The molecule has 4 heteroatoms. The summed E-state index contributed by atoms with van der Waals surface area (Å²) in [7, 11) is 0. The summed E-state index contributed by atoms with van der Waals surface area (Å²) in [5.41, 5.74) is 0. The van der Waals surface area contributed by atoms with Gasteiger partial charge in [0.15, 0.2) is 0 Å². The maximum absolute atomic E-state index is 4.49. The molecule has 2 heterocycles. The summed E-state index contributed by atoms with van der Waals surface area (Å²) in [6.07, 6.45) is 3.05. The van der Waals surface area contributed by atoms with Gasteiger partial charge in [-0.15, -0.1) is 0 Å². The lowest BCUT2D eigenvalue weighted by Crippen LogP contribution is -2.36. The highest BCUT2D eigenvalue weighted by atomic mass is 15.3. The average Bonchev–Trinajstić information content (AvgIpc) is 2.83. The van der Waals surface area contributed by atoms with Crippen LogP contribution in [0.3, 0.4) is 0 Å². The molecule has 2 rings (SSSR count). The fourth-order valence-electron chi connectivity index (χ4n) is 2.15. The van der Waals surface area contributed by atoms with Crippen molar-refractivity contribution in [3.05, 3.63) is 0 Å². The Hall–Kier alpha value is -1.06. The van der Waals surface area contributed by atoms with Crippen LogP contribution in [0, 0.1) is 0 Å².